The second-order valence-corrected chi connectivity index (χ2v) is 5.04. The predicted molar refractivity (Wildman–Crippen MR) is 78.8 cm³/mol. The molecule has 0 aliphatic carbocycles. The molecule has 2 unspecified atom stereocenters. The van der Waals surface area contributed by atoms with E-state index in [9.17, 15) is 4.79 Å². The number of ether oxygens (including phenoxy) is 2. The number of rotatable bonds is 5. The number of carbonyl (C=O) groups excluding carboxylic acids is 1. The van der Waals surface area contributed by atoms with E-state index in [0.29, 0.717) is 23.3 Å². The van der Waals surface area contributed by atoms with Crippen LogP contribution in [0.15, 0.2) is 18.2 Å². The van der Waals surface area contributed by atoms with Crippen molar-refractivity contribution >= 4 is 17.3 Å². The van der Waals surface area contributed by atoms with Crippen molar-refractivity contribution in [2.24, 2.45) is 5.92 Å². The number of hydrogen-bond acceptors (Lipinski definition) is 5. The number of esters is 1. The number of carbonyl (C=O) groups is 1. The second kappa shape index (κ2) is 6.61. The Morgan fingerprint density at radius 2 is 2.35 bits per heavy atom. The topological polar surface area (TPSA) is 73.6 Å². The van der Waals surface area contributed by atoms with E-state index in [1.807, 2.05) is 6.07 Å². The molecule has 0 bridgehead atoms. The van der Waals surface area contributed by atoms with E-state index in [1.165, 1.54) is 7.11 Å². The molecule has 0 spiro atoms. The smallest absolute Gasteiger partial charge is 0.340 e. The summed E-state index contributed by atoms with van der Waals surface area (Å²) in [6, 6.07) is 5.23. The molecule has 1 fully saturated rings. The summed E-state index contributed by atoms with van der Waals surface area (Å²) < 4.78 is 10.5. The van der Waals surface area contributed by atoms with E-state index >= 15 is 0 Å². The lowest BCUT2D eigenvalue weighted by Gasteiger charge is -2.19. The second-order valence-electron chi connectivity index (χ2n) is 5.04. The fourth-order valence-corrected chi connectivity index (χ4v) is 2.61. The monoisotopic (exact) mass is 278 g/mol. The Kier molecular flexibility index (Phi) is 4.84. The Morgan fingerprint density at radius 1 is 1.55 bits per heavy atom. The van der Waals surface area contributed by atoms with Crippen molar-refractivity contribution in [1.82, 2.24) is 0 Å². The summed E-state index contributed by atoms with van der Waals surface area (Å²) in [5.41, 5.74) is 7.50. The van der Waals surface area contributed by atoms with E-state index in [1.54, 1.807) is 12.1 Å². The standard InChI is InChI=1S/C15H22N2O3/c1-3-14-10(6-7-20-14)9-17-13-5-4-11(16)8-12(13)15(18)19-2/h4-5,8,10,14,17H,3,6-7,9,16H2,1-2H3. The highest BCUT2D eigenvalue weighted by Crippen LogP contribution is 2.25. The summed E-state index contributed by atoms with van der Waals surface area (Å²) in [7, 11) is 1.37. The summed E-state index contributed by atoms with van der Waals surface area (Å²) >= 11 is 0. The van der Waals surface area contributed by atoms with Crippen LogP contribution in [0.5, 0.6) is 0 Å². The molecule has 20 heavy (non-hydrogen) atoms. The van der Waals surface area contributed by atoms with Gasteiger partial charge in [0.1, 0.15) is 0 Å². The molecule has 1 aromatic carbocycles. The highest BCUT2D eigenvalue weighted by molar-refractivity contribution is 5.96. The van der Waals surface area contributed by atoms with Crippen molar-refractivity contribution in [3.05, 3.63) is 23.8 Å². The first-order valence-corrected chi connectivity index (χ1v) is 6.99. The molecule has 1 aliphatic heterocycles. The Bertz CT molecular complexity index is 476. The van der Waals surface area contributed by atoms with Gasteiger partial charge in [-0.05, 0) is 31.0 Å². The van der Waals surface area contributed by atoms with Crippen LogP contribution < -0.4 is 11.1 Å². The fraction of sp³-hybridized carbons (Fsp3) is 0.533. The third-order valence-corrected chi connectivity index (χ3v) is 3.75. The molecule has 2 atom stereocenters. The SMILES string of the molecule is CCC1OCCC1CNc1ccc(N)cc1C(=O)OC. The minimum Gasteiger partial charge on any atom is -0.465 e. The lowest BCUT2D eigenvalue weighted by Crippen LogP contribution is -2.23. The molecule has 0 aromatic heterocycles. The predicted octanol–water partition coefficient (Wildman–Crippen LogP) is 2.28. The van der Waals surface area contributed by atoms with E-state index in [2.05, 4.69) is 12.2 Å². The molecular weight excluding hydrogens is 256 g/mol. The summed E-state index contributed by atoms with van der Waals surface area (Å²) in [5.74, 6) is 0.0950. The maximum atomic E-state index is 11.8. The lowest BCUT2D eigenvalue weighted by atomic mass is 9.99. The van der Waals surface area contributed by atoms with Crippen molar-refractivity contribution in [1.29, 1.82) is 0 Å². The molecule has 0 amide bonds. The zero-order valence-electron chi connectivity index (χ0n) is 12.0. The van der Waals surface area contributed by atoms with Crippen LogP contribution in [0, 0.1) is 5.92 Å². The minimum atomic E-state index is -0.380. The van der Waals surface area contributed by atoms with Crippen LogP contribution >= 0.6 is 0 Å². The number of nitrogen functional groups attached to an aromatic ring is 1. The van der Waals surface area contributed by atoms with E-state index in [4.69, 9.17) is 15.2 Å². The average molecular weight is 278 g/mol. The van der Waals surface area contributed by atoms with Crippen molar-refractivity contribution in [2.75, 3.05) is 31.3 Å². The molecule has 1 aliphatic rings. The van der Waals surface area contributed by atoms with Crippen LogP contribution in [0.4, 0.5) is 11.4 Å². The van der Waals surface area contributed by atoms with E-state index in [0.717, 1.165) is 31.7 Å². The van der Waals surface area contributed by atoms with E-state index in [-0.39, 0.29) is 5.97 Å². The summed E-state index contributed by atoms with van der Waals surface area (Å²) in [5, 5.41) is 3.33. The molecule has 0 radical (unpaired) electrons. The van der Waals surface area contributed by atoms with Crippen molar-refractivity contribution in [3.8, 4) is 0 Å². The Hall–Kier alpha value is -1.75. The van der Waals surface area contributed by atoms with Gasteiger partial charge in [0.2, 0.25) is 0 Å². The first kappa shape index (κ1) is 14.7. The zero-order chi connectivity index (χ0) is 14.5. The Balaban J connectivity index is 2.07. The molecule has 3 N–H and O–H groups in total. The van der Waals surface area contributed by atoms with Gasteiger partial charge in [-0.1, -0.05) is 6.92 Å². The maximum Gasteiger partial charge on any atom is 0.340 e. The molecule has 110 valence electrons. The average Bonchev–Trinajstić information content (AvgIpc) is 2.92. The van der Waals surface area contributed by atoms with Crippen molar-refractivity contribution in [2.45, 2.75) is 25.9 Å². The van der Waals surface area contributed by atoms with Gasteiger partial charge in [0, 0.05) is 30.4 Å². The van der Waals surface area contributed by atoms with Gasteiger partial charge in [-0.3, -0.25) is 0 Å². The van der Waals surface area contributed by atoms with Crippen LogP contribution in [0.2, 0.25) is 0 Å². The fourth-order valence-electron chi connectivity index (χ4n) is 2.61. The third-order valence-electron chi connectivity index (χ3n) is 3.75. The highest BCUT2D eigenvalue weighted by atomic mass is 16.5. The van der Waals surface area contributed by atoms with Crippen LogP contribution in [0.25, 0.3) is 0 Å². The summed E-state index contributed by atoms with van der Waals surface area (Å²) in [6.07, 6.45) is 2.37. The molecule has 1 aromatic rings. The quantitative estimate of drug-likeness (QED) is 0.638. The van der Waals surface area contributed by atoms with Crippen LogP contribution in [-0.2, 0) is 9.47 Å². The van der Waals surface area contributed by atoms with Crippen molar-refractivity contribution < 1.29 is 14.3 Å². The largest absolute Gasteiger partial charge is 0.465 e. The van der Waals surface area contributed by atoms with Gasteiger partial charge in [-0.25, -0.2) is 4.79 Å². The molecular formula is C15H22N2O3. The van der Waals surface area contributed by atoms with Gasteiger partial charge >= 0.3 is 5.97 Å². The minimum absolute atomic E-state index is 0.304. The van der Waals surface area contributed by atoms with Gasteiger partial charge < -0.3 is 20.5 Å². The molecule has 2 rings (SSSR count). The number of nitrogens with one attached hydrogen (secondary N) is 1. The van der Waals surface area contributed by atoms with Gasteiger partial charge in [-0.2, -0.15) is 0 Å². The van der Waals surface area contributed by atoms with Gasteiger partial charge in [-0.15, -0.1) is 0 Å². The van der Waals surface area contributed by atoms with Crippen LogP contribution in [-0.4, -0.2) is 32.3 Å². The Labute approximate surface area is 119 Å². The number of nitrogens with two attached hydrogens (primary N) is 1. The summed E-state index contributed by atoms with van der Waals surface area (Å²) in [6.45, 7) is 3.73. The number of methoxy groups -OCH3 is 1. The summed E-state index contributed by atoms with van der Waals surface area (Å²) in [4.78, 5) is 11.8. The molecule has 5 nitrogen and oxygen atoms in total. The van der Waals surface area contributed by atoms with Gasteiger partial charge in [0.25, 0.3) is 0 Å². The number of hydrogen-bond donors (Lipinski definition) is 2. The van der Waals surface area contributed by atoms with Gasteiger partial charge in [0.15, 0.2) is 0 Å². The maximum absolute atomic E-state index is 11.8. The molecule has 5 heteroatoms. The first-order chi connectivity index (χ1) is 9.65. The normalized spacial score (nSPS) is 21.7. The number of benzene rings is 1. The number of anilines is 2. The zero-order valence-corrected chi connectivity index (χ0v) is 12.0. The van der Waals surface area contributed by atoms with Crippen LogP contribution in [0.1, 0.15) is 30.1 Å². The highest BCUT2D eigenvalue weighted by Gasteiger charge is 2.26. The van der Waals surface area contributed by atoms with Gasteiger partial charge in [0.05, 0.1) is 18.8 Å². The molecule has 1 heterocycles. The third kappa shape index (κ3) is 3.22. The van der Waals surface area contributed by atoms with E-state index < -0.39 is 0 Å². The van der Waals surface area contributed by atoms with Crippen molar-refractivity contribution in [3.63, 3.8) is 0 Å². The molecule has 1 saturated heterocycles. The van der Waals surface area contributed by atoms with Crippen LogP contribution in [0.3, 0.4) is 0 Å². The lowest BCUT2D eigenvalue weighted by molar-refractivity contribution is 0.0602. The Morgan fingerprint density at radius 3 is 3.05 bits per heavy atom. The molecule has 0 saturated carbocycles. The first-order valence-electron chi connectivity index (χ1n) is 6.99.